The molecule has 0 aliphatic rings. The molecule has 19 heavy (non-hydrogen) atoms. The summed E-state index contributed by atoms with van der Waals surface area (Å²) < 4.78 is 22.9. The van der Waals surface area contributed by atoms with Crippen molar-refractivity contribution < 1.29 is 13.6 Å². The summed E-state index contributed by atoms with van der Waals surface area (Å²) in [5.41, 5.74) is 7.13. The van der Waals surface area contributed by atoms with Gasteiger partial charge in [0, 0.05) is 5.39 Å². The van der Waals surface area contributed by atoms with E-state index >= 15 is 0 Å². The van der Waals surface area contributed by atoms with E-state index < -0.39 is 7.60 Å². The molecule has 2 aromatic rings. The van der Waals surface area contributed by atoms with Gasteiger partial charge in [-0.25, -0.2) is 4.57 Å². The first kappa shape index (κ1) is 13.8. The third-order valence-electron chi connectivity index (χ3n) is 2.67. The Kier molecular flexibility index (Phi) is 4.08. The summed E-state index contributed by atoms with van der Waals surface area (Å²) in [6.45, 7) is 3.90. The number of hydrogen-bond donors (Lipinski definition) is 1. The molecular weight excluding hydrogens is 263 g/mol. The average Bonchev–Trinajstić information content (AvgIpc) is 2.39. The maximum Gasteiger partial charge on any atom is 0.378 e. The van der Waals surface area contributed by atoms with Gasteiger partial charge in [-0.05, 0) is 19.1 Å². The second-order valence-corrected chi connectivity index (χ2v) is 6.32. The van der Waals surface area contributed by atoms with Gasteiger partial charge in [0.25, 0.3) is 0 Å². The molecule has 0 aliphatic carbocycles. The monoisotopic (exact) mass is 280 g/mol. The first-order valence-electron chi connectivity index (χ1n) is 6.15. The third kappa shape index (κ3) is 3.06. The molecule has 0 amide bonds. The number of rotatable bonds is 5. The smallest absolute Gasteiger partial charge is 0.378 e. The first-order valence-corrected chi connectivity index (χ1v) is 7.88. The maximum atomic E-state index is 12.3. The summed E-state index contributed by atoms with van der Waals surface area (Å²) in [6, 6.07) is 7.27. The zero-order valence-corrected chi connectivity index (χ0v) is 11.9. The molecule has 0 bridgehead atoms. The van der Waals surface area contributed by atoms with E-state index in [0.717, 1.165) is 5.39 Å². The Bertz CT molecular complexity index is 630. The lowest BCUT2D eigenvalue weighted by Gasteiger charge is -2.17. The molecule has 6 heteroatoms. The van der Waals surface area contributed by atoms with Crippen LogP contribution in [0.25, 0.3) is 10.9 Å². The van der Waals surface area contributed by atoms with Crippen molar-refractivity contribution in [3.8, 4) is 5.75 Å². The number of para-hydroxylation sites is 1. The van der Waals surface area contributed by atoms with Gasteiger partial charge in [-0.3, -0.25) is 4.98 Å². The zero-order valence-electron chi connectivity index (χ0n) is 11.0. The van der Waals surface area contributed by atoms with Crippen LogP contribution >= 0.6 is 7.60 Å². The topological polar surface area (TPSA) is 74.4 Å². The Morgan fingerprint density at radius 1 is 1.37 bits per heavy atom. The van der Waals surface area contributed by atoms with Crippen molar-refractivity contribution in [2.75, 3.05) is 18.5 Å². The maximum absolute atomic E-state index is 12.3. The number of aromatic nitrogens is 1. The molecule has 2 rings (SSSR count). The number of nitrogens with zero attached hydrogens (tertiary/aromatic N) is 1. The lowest BCUT2D eigenvalue weighted by atomic mass is 10.2. The minimum absolute atomic E-state index is 0.315. The standard InChI is InChI=1S/C13H17N2O3P/c1-3-17-19(16,4-2)18-11-8-10-6-5-7-12(14)13(10)15-9-11/h5-9H,3-4,14H2,1-2H3. The van der Waals surface area contributed by atoms with Crippen molar-refractivity contribution in [3.05, 3.63) is 30.5 Å². The molecule has 1 atom stereocenters. The first-order chi connectivity index (χ1) is 9.08. The summed E-state index contributed by atoms with van der Waals surface area (Å²) in [5.74, 6) is 0.428. The Labute approximate surface area is 112 Å². The lowest BCUT2D eigenvalue weighted by molar-refractivity contribution is 0.280. The molecule has 0 saturated heterocycles. The van der Waals surface area contributed by atoms with Crippen molar-refractivity contribution in [1.82, 2.24) is 4.98 Å². The van der Waals surface area contributed by atoms with Gasteiger partial charge in [0.1, 0.15) is 5.75 Å². The second kappa shape index (κ2) is 5.59. The van der Waals surface area contributed by atoms with E-state index in [4.69, 9.17) is 14.8 Å². The quantitative estimate of drug-likeness (QED) is 0.670. The number of nitrogen functional groups attached to an aromatic ring is 1. The highest BCUT2D eigenvalue weighted by atomic mass is 31.2. The molecule has 5 nitrogen and oxygen atoms in total. The van der Waals surface area contributed by atoms with Crippen LogP contribution in [0.5, 0.6) is 5.75 Å². The molecular formula is C13H17N2O3P. The summed E-state index contributed by atoms with van der Waals surface area (Å²) >= 11 is 0. The fourth-order valence-electron chi connectivity index (χ4n) is 1.75. The molecule has 2 N–H and O–H groups in total. The van der Waals surface area contributed by atoms with E-state index in [1.54, 1.807) is 26.0 Å². The van der Waals surface area contributed by atoms with Crippen molar-refractivity contribution in [2.45, 2.75) is 13.8 Å². The molecule has 1 aromatic heterocycles. The molecule has 1 heterocycles. The summed E-state index contributed by atoms with van der Waals surface area (Å²) in [5, 5.41) is 0.844. The normalized spacial score (nSPS) is 14.2. The van der Waals surface area contributed by atoms with E-state index in [0.29, 0.717) is 29.7 Å². The summed E-state index contributed by atoms with van der Waals surface area (Å²) in [6.07, 6.45) is 1.83. The Morgan fingerprint density at radius 3 is 2.84 bits per heavy atom. The minimum Gasteiger partial charge on any atom is -0.423 e. The van der Waals surface area contributed by atoms with Crippen molar-refractivity contribution in [1.29, 1.82) is 0 Å². The summed E-state index contributed by atoms with van der Waals surface area (Å²) in [4.78, 5) is 4.23. The van der Waals surface area contributed by atoms with Gasteiger partial charge >= 0.3 is 7.60 Å². The van der Waals surface area contributed by atoms with Gasteiger partial charge in [0.2, 0.25) is 0 Å². The van der Waals surface area contributed by atoms with E-state index in [9.17, 15) is 4.57 Å². The molecule has 1 unspecified atom stereocenters. The van der Waals surface area contributed by atoms with E-state index in [2.05, 4.69) is 4.98 Å². The average molecular weight is 280 g/mol. The van der Waals surface area contributed by atoms with Gasteiger partial charge in [0.15, 0.2) is 0 Å². The molecule has 0 aliphatic heterocycles. The molecule has 1 aromatic carbocycles. The minimum atomic E-state index is -3.08. The predicted octanol–water partition coefficient (Wildman–Crippen LogP) is 3.45. The largest absolute Gasteiger partial charge is 0.423 e. The third-order valence-corrected chi connectivity index (χ3v) is 4.59. The number of fused-ring (bicyclic) bond motifs is 1. The van der Waals surface area contributed by atoms with Crippen molar-refractivity contribution in [3.63, 3.8) is 0 Å². The van der Waals surface area contributed by atoms with Gasteiger partial charge in [-0.15, -0.1) is 0 Å². The second-order valence-electron chi connectivity index (χ2n) is 4.03. The number of anilines is 1. The highest BCUT2D eigenvalue weighted by Gasteiger charge is 2.23. The highest BCUT2D eigenvalue weighted by Crippen LogP contribution is 2.47. The van der Waals surface area contributed by atoms with E-state index in [1.165, 1.54) is 6.20 Å². The van der Waals surface area contributed by atoms with Crippen molar-refractivity contribution in [2.24, 2.45) is 0 Å². The number of nitrogens with two attached hydrogens (primary N) is 1. The Morgan fingerprint density at radius 2 is 2.16 bits per heavy atom. The van der Waals surface area contributed by atoms with Crippen LogP contribution in [0.15, 0.2) is 30.5 Å². The van der Waals surface area contributed by atoms with Crippen LogP contribution in [0.3, 0.4) is 0 Å². The van der Waals surface area contributed by atoms with E-state index in [-0.39, 0.29) is 0 Å². The fourth-order valence-corrected chi connectivity index (χ4v) is 2.93. The Hall–Kier alpha value is -1.58. The van der Waals surface area contributed by atoms with Crippen LogP contribution < -0.4 is 10.3 Å². The SMILES string of the molecule is CCOP(=O)(CC)Oc1cnc2c(N)cccc2c1. The Balaban J connectivity index is 2.34. The molecule has 0 radical (unpaired) electrons. The molecule has 0 saturated carbocycles. The molecule has 102 valence electrons. The van der Waals surface area contributed by atoms with Gasteiger partial charge < -0.3 is 14.8 Å². The van der Waals surface area contributed by atoms with Gasteiger partial charge in [-0.1, -0.05) is 19.1 Å². The van der Waals surface area contributed by atoms with Crippen LogP contribution in [0, 0.1) is 0 Å². The number of hydrogen-bond acceptors (Lipinski definition) is 5. The van der Waals surface area contributed by atoms with Gasteiger partial charge in [0.05, 0.1) is 30.2 Å². The summed E-state index contributed by atoms with van der Waals surface area (Å²) in [7, 11) is -3.08. The fraction of sp³-hybridized carbons (Fsp3) is 0.308. The van der Waals surface area contributed by atoms with E-state index in [1.807, 2.05) is 12.1 Å². The van der Waals surface area contributed by atoms with Crippen molar-refractivity contribution >= 4 is 24.2 Å². The predicted molar refractivity (Wildman–Crippen MR) is 76.6 cm³/mol. The van der Waals surface area contributed by atoms with Crippen LogP contribution in [-0.2, 0) is 9.09 Å². The van der Waals surface area contributed by atoms with Crippen LogP contribution in [-0.4, -0.2) is 17.8 Å². The van der Waals surface area contributed by atoms with Crippen LogP contribution in [0.1, 0.15) is 13.8 Å². The van der Waals surface area contributed by atoms with Crippen LogP contribution in [0.2, 0.25) is 0 Å². The number of pyridine rings is 1. The highest BCUT2D eigenvalue weighted by molar-refractivity contribution is 7.54. The lowest BCUT2D eigenvalue weighted by Crippen LogP contribution is -2.01. The van der Waals surface area contributed by atoms with Crippen LogP contribution in [0.4, 0.5) is 5.69 Å². The zero-order chi connectivity index (χ0) is 13.9. The molecule has 0 spiro atoms. The number of benzene rings is 1. The molecule has 0 fully saturated rings. The van der Waals surface area contributed by atoms with Gasteiger partial charge in [-0.2, -0.15) is 0 Å².